The van der Waals surface area contributed by atoms with Gasteiger partial charge in [0.05, 0.1) is 5.75 Å². The first-order valence-electron chi connectivity index (χ1n) is 8.56. The first-order chi connectivity index (χ1) is 11.7. The van der Waals surface area contributed by atoms with E-state index in [9.17, 15) is 4.79 Å². The minimum absolute atomic E-state index is 0.264. The highest BCUT2D eigenvalue weighted by Crippen LogP contribution is 2.34. The fourth-order valence-corrected chi connectivity index (χ4v) is 5.30. The molecule has 3 nitrogen and oxygen atoms in total. The van der Waals surface area contributed by atoms with Crippen molar-refractivity contribution in [1.82, 2.24) is 10.2 Å². The number of fused-ring (bicyclic) bond motifs is 3. The molecule has 126 valence electrons. The summed E-state index contributed by atoms with van der Waals surface area (Å²) in [5.74, 6) is 0.748. The summed E-state index contributed by atoms with van der Waals surface area (Å²) in [6.45, 7) is 1.96. The fourth-order valence-electron chi connectivity index (χ4n) is 3.99. The smallest absolute Gasteiger partial charge is 0.233 e. The molecule has 5 heteroatoms. The van der Waals surface area contributed by atoms with Gasteiger partial charge in [-0.1, -0.05) is 35.9 Å². The van der Waals surface area contributed by atoms with Crippen LogP contribution in [0.4, 0.5) is 0 Å². The van der Waals surface area contributed by atoms with Crippen molar-refractivity contribution >= 4 is 40.0 Å². The van der Waals surface area contributed by atoms with E-state index in [1.807, 2.05) is 18.2 Å². The molecule has 2 heterocycles. The van der Waals surface area contributed by atoms with Gasteiger partial charge in [-0.05, 0) is 43.3 Å². The highest BCUT2D eigenvalue weighted by Gasteiger charge is 2.37. The first kappa shape index (κ1) is 16.2. The number of nitrogens with one attached hydrogen (secondary N) is 1. The maximum atomic E-state index is 12.9. The van der Waals surface area contributed by atoms with Crippen molar-refractivity contribution in [2.45, 2.75) is 36.2 Å². The van der Waals surface area contributed by atoms with E-state index in [1.165, 1.54) is 0 Å². The monoisotopic (exact) mass is 360 g/mol. The molecule has 1 N–H and O–H groups in total. The molecule has 2 aliphatic heterocycles. The molecule has 0 aliphatic carbocycles. The molecule has 2 aliphatic rings. The second-order valence-electron chi connectivity index (χ2n) is 6.56. The van der Waals surface area contributed by atoms with E-state index in [1.54, 1.807) is 11.8 Å². The van der Waals surface area contributed by atoms with E-state index in [4.69, 9.17) is 11.6 Å². The SMILES string of the molecule is O=C(CSc1cccc2cccc(Cl)c12)N1C2CCNCC1CC2. The Morgan fingerprint density at radius 1 is 1.17 bits per heavy atom. The fraction of sp³-hybridized carbons (Fsp3) is 0.421. The van der Waals surface area contributed by atoms with Gasteiger partial charge in [-0.15, -0.1) is 11.8 Å². The second kappa shape index (κ2) is 6.95. The lowest BCUT2D eigenvalue weighted by atomic mass is 10.1. The zero-order valence-corrected chi connectivity index (χ0v) is 15.1. The number of amides is 1. The Kier molecular flexibility index (Phi) is 4.70. The van der Waals surface area contributed by atoms with Crippen LogP contribution in [0.5, 0.6) is 0 Å². The van der Waals surface area contributed by atoms with Gasteiger partial charge >= 0.3 is 0 Å². The number of thioether (sulfide) groups is 1. The van der Waals surface area contributed by atoms with Crippen LogP contribution in [0.3, 0.4) is 0 Å². The molecule has 2 saturated heterocycles. The van der Waals surface area contributed by atoms with E-state index in [0.29, 0.717) is 17.8 Å². The van der Waals surface area contributed by atoms with Crippen LogP contribution >= 0.6 is 23.4 Å². The van der Waals surface area contributed by atoms with Crippen LogP contribution in [-0.2, 0) is 4.79 Å². The zero-order chi connectivity index (χ0) is 16.5. The number of rotatable bonds is 3. The van der Waals surface area contributed by atoms with Crippen LogP contribution in [0.1, 0.15) is 19.3 Å². The molecule has 1 amide bonds. The van der Waals surface area contributed by atoms with Crippen LogP contribution in [0.15, 0.2) is 41.3 Å². The van der Waals surface area contributed by atoms with Crippen molar-refractivity contribution < 1.29 is 4.79 Å². The molecule has 0 spiro atoms. The second-order valence-corrected chi connectivity index (χ2v) is 7.99. The van der Waals surface area contributed by atoms with Crippen molar-refractivity contribution in [3.05, 3.63) is 41.4 Å². The van der Waals surface area contributed by atoms with Gasteiger partial charge in [0.15, 0.2) is 0 Å². The third-order valence-corrected chi connectivity index (χ3v) is 6.47. The summed E-state index contributed by atoms with van der Waals surface area (Å²) in [6, 6.07) is 12.9. The van der Waals surface area contributed by atoms with Crippen molar-refractivity contribution in [2.24, 2.45) is 0 Å². The molecule has 0 saturated carbocycles. The average Bonchev–Trinajstić information content (AvgIpc) is 2.85. The van der Waals surface area contributed by atoms with Crippen LogP contribution < -0.4 is 5.32 Å². The van der Waals surface area contributed by atoms with E-state index in [-0.39, 0.29) is 5.91 Å². The normalized spacial score (nSPS) is 23.5. The minimum Gasteiger partial charge on any atom is -0.335 e. The summed E-state index contributed by atoms with van der Waals surface area (Å²) in [4.78, 5) is 16.1. The highest BCUT2D eigenvalue weighted by atomic mass is 35.5. The number of halogens is 1. The van der Waals surface area contributed by atoms with Gasteiger partial charge in [-0.3, -0.25) is 4.79 Å². The largest absolute Gasteiger partial charge is 0.335 e. The summed E-state index contributed by atoms with van der Waals surface area (Å²) in [5.41, 5.74) is 0. The molecule has 2 aromatic carbocycles. The summed E-state index contributed by atoms with van der Waals surface area (Å²) in [5, 5.41) is 6.38. The third kappa shape index (κ3) is 3.03. The predicted molar refractivity (Wildman–Crippen MR) is 101 cm³/mol. The Morgan fingerprint density at radius 2 is 1.96 bits per heavy atom. The highest BCUT2D eigenvalue weighted by molar-refractivity contribution is 8.00. The van der Waals surface area contributed by atoms with E-state index in [2.05, 4.69) is 28.4 Å². The van der Waals surface area contributed by atoms with Gasteiger partial charge < -0.3 is 10.2 Å². The summed E-state index contributed by atoms with van der Waals surface area (Å²) >= 11 is 8.00. The van der Waals surface area contributed by atoms with Gasteiger partial charge in [0.2, 0.25) is 5.91 Å². The standard InChI is InChI=1S/C19H21ClN2OS/c20-16-5-1-3-13-4-2-6-17(19(13)16)24-12-18(23)22-14-7-8-15(22)11-21-10-9-14/h1-6,14-15,21H,7-12H2. The van der Waals surface area contributed by atoms with E-state index >= 15 is 0 Å². The van der Waals surface area contributed by atoms with Gasteiger partial charge in [-0.2, -0.15) is 0 Å². The number of nitrogens with zero attached hydrogens (tertiary/aromatic N) is 1. The zero-order valence-electron chi connectivity index (χ0n) is 13.5. The van der Waals surface area contributed by atoms with Crippen molar-refractivity contribution in [3.63, 3.8) is 0 Å². The van der Waals surface area contributed by atoms with Crippen LogP contribution in [0.2, 0.25) is 5.02 Å². The topological polar surface area (TPSA) is 32.3 Å². The molecule has 2 aromatic rings. The van der Waals surface area contributed by atoms with Gasteiger partial charge in [0.25, 0.3) is 0 Å². The van der Waals surface area contributed by atoms with Gasteiger partial charge in [-0.25, -0.2) is 0 Å². The first-order valence-corrected chi connectivity index (χ1v) is 9.92. The lowest BCUT2D eigenvalue weighted by Crippen LogP contribution is -2.43. The van der Waals surface area contributed by atoms with Crippen LogP contribution in [-0.4, -0.2) is 41.7 Å². The Bertz CT molecular complexity index is 747. The maximum Gasteiger partial charge on any atom is 0.233 e. The predicted octanol–water partition coefficient (Wildman–Crippen LogP) is 3.94. The van der Waals surface area contributed by atoms with Crippen molar-refractivity contribution in [1.29, 1.82) is 0 Å². The van der Waals surface area contributed by atoms with Crippen molar-refractivity contribution in [3.8, 4) is 0 Å². The Morgan fingerprint density at radius 3 is 2.83 bits per heavy atom. The van der Waals surface area contributed by atoms with Crippen molar-refractivity contribution in [2.75, 3.05) is 18.8 Å². The molecule has 0 aromatic heterocycles. The number of hydrogen-bond acceptors (Lipinski definition) is 3. The molecular formula is C19H21ClN2OS. The summed E-state index contributed by atoms with van der Waals surface area (Å²) < 4.78 is 0. The quantitative estimate of drug-likeness (QED) is 0.841. The minimum atomic E-state index is 0.264. The Hall–Kier alpha value is -1.23. The van der Waals surface area contributed by atoms with E-state index in [0.717, 1.165) is 53.0 Å². The third-order valence-electron chi connectivity index (χ3n) is 5.11. The average molecular weight is 361 g/mol. The molecule has 4 rings (SSSR count). The summed E-state index contributed by atoms with van der Waals surface area (Å²) in [6.07, 6.45) is 3.37. The van der Waals surface area contributed by atoms with E-state index < -0.39 is 0 Å². The molecule has 2 unspecified atom stereocenters. The molecule has 2 fully saturated rings. The van der Waals surface area contributed by atoms with Crippen LogP contribution in [0, 0.1) is 0 Å². The Labute approximate surface area is 151 Å². The Balaban J connectivity index is 1.52. The molecule has 2 atom stereocenters. The number of hydrogen-bond donors (Lipinski definition) is 1. The lowest BCUT2D eigenvalue weighted by Gasteiger charge is -2.27. The number of benzene rings is 2. The maximum absolute atomic E-state index is 12.9. The summed E-state index contributed by atoms with van der Waals surface area (Å²) in [7, 11) is 0. The molecule has 0 radical (unpaired) electrons. The number of carbonyl (C=O) groups is 1. The number of carbonyl (C=O) groups excluding carboxylic acids is 1. The molecular weight excluding hydrogens is 340 g/mol. The van der Waals surface area contributed by atoms with Crippen LogP contribution in [0.25, 0.3) is 10.8 Å². The lowest BCUT2D eigenvalue weighted by molar-refractivity contribution is -0.130. The van der Waals surface area contributed by atoms with Gasteiger partial charge in [0.1, 0.15) is 0 Å². The molecule has 24 heavy (non-hydrogen) atoms. The van der Waals surface area contributed by atoms with Gasteiger partial charge in [0, 0.05) is 33.9 Å². The molecule has 2 bridgehead atoms.